The summed E-state index contributed by atoms with van der Waals surface area (Å²) in [6, 6.07) is 6.40. The quantitative estimate of drug-likeness (QED) is 0.629. The summed E-state index contributed by atoms with van der Waals surface area (Å²) in [4.78, 5) is 17.8. The van der Waals surface area contributed by atoms with Crippen LogP contribution in [0, 0.1) is 16.0 Å². The minimum atomic E-state index is -0.434. The van der Waals surface area contributed by atoms with E-state index in [2.05, 4.69) is 31.0 Å². The first kappa shape index (κ1) is 14.5. The van der Waals surface area contributed by atoms with Gasteiger partial charge in [0, 0.05) is 37.1 Å². The Morgan fingerprint density at radius 2 is 2.00 bits per heavy atom. The lowest BCUT2D eigenvalue weighted by atomic mass is 9.93. The summed E-state index contributed by atoms with van der Waals surface area (Å²) in [5.41, 5.74) is 1.08. The van der Waals surface area contributed by atoms with Crippen molar-refractivity contribution >= 4 is 11.4 Å². The number of nitro benzene ring substituents is 1. The minimum absolute atomic E-state index is 0.0475. The Bertz CT molecular complexity index is 513. The monoisotopic (exact) mass is 277 g/mol. The number of rotatable bonds is 3. The molecule has 0 aromatic heterocycles. The minimum Gasteiger partial charge on any atom is -0.357 e. The standard InChI is InChI=1S/C14H19N3O3/c1-10-9-16(3)11(2)8-14(10)15-20-13-6-4-12(5-7-13)17(18)19/h4-7,10-11H,8-9H2,1-3H3/b15-14+/t10-,11-/m0/s1. The van der Waals surface area contributed by atoms with Crippen LogP contribution in [-0.2, 0) is 0 Å². The lowest BCUT2D eigenvalue weighted by Gasteiger charge is -2.34. The molecule has 6 nitrogen and oxygen atoms in total. The lowest BCUT2D eigenvalue weighted by molar-refractivity contribution is -0.384. The maximum atomic E-state index is 10.6. The van der Waals surface area contributed by atoms with Gasteiger partial charge < -0.3 is 9.74 Å². The maximum absolute atomic E-state index is 10.6. The number of likely N-dealkylation sites (tertiary alicyclic amines) is 1. The molecule has 1 aromatic carbocycles. The predicted molar refractivity (Wildman–Crippen MR) is 77.0 cm³/mol. The average Bonchev–Trinajstić information content (AvgIpc) is 2.42. The van der Waals surface area contributed by atoms with Gasteiger partial charge in [0.15, 0.2) is 5.75 Å². The molecule has 2 atom stereocenters. The van der Waals surface area contributed by atoms with Crippen LogP contribution in [0.5, 0.6) is 5.75 Å². The molecule has 0 bridgehead atoms. The molecule has 1 aliphatic rings. The second kappa shape index (κ2) is 6.00. The zero-order valence-corrected chi connectivity index (χ0v) is 11.9. The highest BCUT2D eigenvalue weighted by Gasteiger charge is 2.25. The van der Waals surface area contributed by atoms with Crippen LogP contribution in [0.2, 0.25) is 0 Å². The summed E-state index contributed by atoms with van der Waals surface area (Å²) in [6.07, 6.45) is 0.880. The Kier molecular flexibility index (Phi) is 4.34. The van der Waals surface area contributed by atoms with E-state index >= 15 is 0 Å². The fourth-order valence-electron chi connectivity index (χ4n) is 2.24. The topological polar surface area (TPSA) is 68.0 Å². The van der Waals surface area contributed by atoms with Crippen molar-refractivity contribution in [3.05, 3.63) is 34.4 Å². The molecule has 0 saturated carbocycles. The molecule has 108 valence electrons. The molecule has 6 heteroatoms. The van der Waals surface area contributed by atoms with Crippen LogP contribution < -0.4 is 4.84 Å². The van der Waals surface area contributed by atoms with E-state index in [1.807, 2.05) is 0 Å². The van der Waals surface area contributed by atoms with Gasteiger partial charge >= 0.3 is 0 Å². The molecule has 0 radical (unpaired) electrons. The van der Waals surface area contributed by atoms with Crippen molar-refractivity contribution in [3.8, 4) is 5.75 Å². The predicted octanol–water partition coefficient (Wildman–Crippen LogP) is 2.69. The van der Waals surface area contributed by atoms with Crippen molar-refractivity contribution in [1.29, 1.82) is 0 Å². The van der Waals surface area contributed by atoms with Gasteiger partial charge in [-0.25, -0.2) is 0 Å². The molecule has 0 unspecified atom stereocenters. The first-order chi connectivity index (χ1) is 9.47. The summed E-state index contributed by atoms with van der Waals surface area (Å²) < 4.78 is 0. The summed E-state index contributed by atoms with van der Waals surface area (Å²) >= 11 is 0. The normalized spacial score (nSPS) is 25.6. The Balaban J connectivity index is 2.03. The van der Waals surface area contributed by atoms with Crippen molar-refractivity contribution < 1.29 is 9.76 Å². The molecule has 1 saturated heterocycles. The maximum Gasteiger partial charge on any atom is 0.269 e. The molecule has 0 spiro atoms. The summed E-state index contributed by atoms with van der Waals surface area (Å²) in [6.45, 7) is 5.25. The van der Waals surface area contributed by atoms with E-state index in [1.54, 1.807) is 12.1 Å². The lowest BCUT2D eigenvalue weighted by Crippen LogP contribution is -2.43. The van der Waals surface area contributed by atoms with Crippen molar-refractivity contribution in [3.63, 3.8) is 0 Å². The van der Waals surface area contributed by atoms with Gasteiger partial charge in [-0.2, -0.15) is 0 Å². The Labute approximate surface area is 118 Å². The van der Waals surface area contributed by atoms with Crippen molar-refractivity contribution in [2.75, 3.05) is 13.6 Å². The number of nitro groups is 1. The van der Waals surface area contributed by atoms with Gasteiger partial charge in [0.25, 0.3) is 5.69 Å². The van der Waals surface area contributed by atoms with E-state index in [9.17, 15) is 10.1 Å². The third-order valence-electron chi connectivity index (χ3n) is 3.70. The molecule has 0 aliphatic carbocycles. The highest BCUT2D eigenvalue weighted by Crippen LogP contribution is 2.21. The Morgan fingerprint density at radius 3 is 2.60 bits per heavy atom. The fraction of sp³-hybridized carbons (Fsp3) is 0.500. The molecule has 1 fully saturated rings. The average molecular weight is 277 g/mol. The van der Waals surface area contributed by atoms with Gasteiger partial charge in [-0.05, 0) is 26.1 Å². The molecule has 1 aromatic rings. The number of non-ortho nitro benzene ring substituents is 1. The molecule has 1 heterocycles. The van der Waals surface area contributed by atoms with Gasteiger partial charge in [-0.1, -0.05) is 12.1 Å². The van der Waals surface area contributed by atoms with E-state index in [0.29, 0.717) is 17.7 Å². The fourth-order valence-corrected chi connectivity index (χ4v) is 2.24. The SMILES string of the molecule is C[C@H]1CN(C)[C@@H](C)C/C1=N\Oc1ccc([N+](=O)[O-])cc1. The second-order valence-electron chi connectivity index (χ2n) is 5.32. The van der Waals surface area contributed by atoms with E-state index in [0.717, 1.165) is 18.7 Å². The third kappa shape index (κ3) is 3.33. The first-order valence-corrected chi connectivity index (χ1v) is 6.66. The van der Waals surface area contributed by atoms with E-state index in [4.69, 9.17) is 4.84 Å². The molecular weight excluding hydrogens is 258 g/mol. The molecule has 2 rings (SSSR count). The third-order valence-corrected chi connectivity index (χ3v) is 3.70. The van der Waals surface area contributed by atoms with Crippen LogP contribution in [0.3, 0.4) is 0 Å². The molecule has 0 N–H and O–H groups in total. The van der Waals surface area contributed by atoms with Gasteiger partial charge in [-0.15, -0.1) is 0 Å². The van der Waals surface area contributed by atoms with Gasteiger partial charge in [0.1, 0.15) is 0 Å². The second-order valence-corrected chi connectivity index (χ2v) is 5.32. The highest BCUT2D eigenvalue weighted by atomic mass is 16.6. The van der Waals surface area contributed by atoms with Crippen LogP contribution in [0.1, 0.15) is 20.3 Å². The summed E-state index contributed by atoms with van der Waals surface area (Å²) in [5.74, 6) is 0.871. The zero-order chi connectivity index (χ0) is 14.7. The number of hydrogen-bond donors (Lipinski definition) is 0. The van der Waals surface area contributed by atoms with Crippen LogP contribution in [0.4, 0.5) is 5.69 Å². The Hall–Kier alpha value is -1.95. The molecule has 1 aliphatic heterocycles. The number of benzene rings is 1. The smallest absolute Gasteiger partial charge is 0.269 e. The zero-order valence-electron chi connectivity index (χ0n) is 11.9. The van der Waals surface area contributed by atoms with Crippen molar-refractivity contribution in [2.45, 2.75) is 26.3 Å². The van der Waals surface area contributed by atoms with Gasteiger partial charge in [0.05, 0.1) is 10.6 Å². The van der Waals surface area contributed by atoms with Crippen molar-refractivity contribution in [1.82, 2.24) is 4.90 Å². The summed E-state index contributed by atoms with van der Waals surface area (Å²) in [5, 5.41) is 14.8. The van der Waals surface area contributed by atoms with Crippen molar-refractivity contribution in [2.24, 2.45) is 11.1 Å². The number of nitrogens with zero attached hydrogens (tertiary/aromatic N) is 3. The van der Waals surface area contributed by atoms with E-state index < -0.39 is 4.92 Å². The number of oxime groups is 1. The molecule has 20 heavy (non-hydrogen) atoms. The number of piperidine rings is 1. The van der Waals surface area contributed by atoms with E-state index in [-0.39, 0.29) is 5.69 Å². The number of hydrogen-bond acceptors (Lipinski definition) is 5. The molecular formula is C14H19N3O3. The van der Waals surface area contributed by atoms with Gasteiger partial charge in [0.2, 0.25) is 0 Å². The van der Waals surface area contributed by atoms with E-state index in [1.165, 1.54) is 12.1 Å². The van der Waals surface area contributed by atoms with Crippen LogP contribution in [-0.4, -0.2) is 35.2 Å². The summed E-state index contributed by atoms with van der Waals surface area (Å²) in [7, 11) is 2.11. The van der Waals surface area contributed by atoms with Crippen LogP contribution in [0.25, 0.3) is 0 Å². The highest BCUT2D eigenvalue weighted by molar-refractivity contribution is 5.87. The largest absolute Gasteiger partial charge is 0.357 e. The van der Waals surface area contributed by atoms with Gasteiger partial charge in [-0.3, -0.25) is 10.1 Å². The van der Waals surface area contributed by atoms with Crippen LogP contribution >= 0.6 is 0 Å². The molecule has 0 amide bonds. The first-order valence-electron chi connectivity index (χ1n) is 6.66. The van der Waals surface area contributed by atoms with Crippen LogP contribution in [0.15, 0.2) is 29.4 Å². The Morgan fingerprint density at radius 1 is 1.35 bits per heavy atom.